The highest BCUT2D eigenvalue weighted by Crippen LogP contribution is 2.28. The molecule has 0 bridgehead atoms. The van der Waals surface area contributed by atoms with Crippen molar-refractivity contribution in [3.8, 4) is 5.75 Å². The number of para-hydroxylation sites is 3. The van der Waals surface area contributed by atoms with E-state index in [0.717, 1.165) is 10.4 Å². The van der Waals surface area contributed by atoms with Crippen molar-refractivity contribution in [2.45, 2.75) is 6.54 Å². The van der Waals surface area contributed by atoms with Gasteiger partial charge in [-0.3, -0.25) is 4.79 Å². The Morgan fingerprint density at radius 1 is 1.12 bits per heavy atom. The minimum Gasteiger partial charge on any atom is -0.496 e. The molecule has 0 fully saturated rings. The maximum atomic E-state index is 13.2. The summed E-state index contributed by atoms with van der Waals surface area (Å²) in [6.07, 6.45) is 1.62. The second-order valence-electron chi connectivity index (χ2n) is 7.21. The van der Waals surface area contributed by atoms with Gasteiger partial charge < -0.3 is 15.8 Å². The van der Waals surface area contributed by atoms with Crippen molar-refractivity contribution < 1.29 is 9.53 Å². The molecule has 0 saturated heterocycles. The lowest BCUT2D eigenvalue weighted by molar-refractivity contribution is 0.0953. The number of hydrogen-bond donors (Lipinski definition) is 2. The van der Waals surface area contributed by atoms with Crippen LogP contribution in [0.25, 0.3) is 22.2 Å². The lowest BCUT2D eigenvalue weighted by Crippen LogP contribution is -2.23. The predicted molar refractivity (Wildman–Crippen MR) is 131 cm³/mol. The number of benzene rings is 2. The van der Waals surface area contributed by atoms with Crippen molar-refractivity contribution in [3.63, 3.8) is 0 Å². The molecule has 0 spiro atoms. The molecule has 3 N–H and O–H groups in total. The lowest BCUT2D eigenvalue weighted by atomic mass is 10.2. The van der Waals surface area contributed by atoms with Crippen molar-refractivity contribution in [1.82, 2.24) is 20.0 Å². The highest BCUT2D eigenvalue weighted by Gasteiger charge is 2.24. The molecule has 0 aliphatic heterocycles. The second kappa shape index (κ2) is 8.71. The largest absolute Gasteiger partial charge is 0.496 e. The van der Waals surface area contributed by atoms with E-state index in [-0.39, 0.29) is 17.3 Å². The molecular formula is C24H20N6O2S. The number of carbonyl (C=O) groups is 1. The molecule has 5 rings (SSSR count). The van der Waals surface area contributed by atoms with Crippen LogP contribution in [0.2, 0.25) is 0 Å². The molecule has 0 atom stereocenters. The van der Waals surface area contributed by atoms with Gasteiger partial charge in [0, 0.05) is 10.4 Å². The second-order valence-corrected chi connectivity index (χ2v) is 8.24. The number of methoxy groups -OCH3 is 1. The van der Waals surface area contributed by atoms with E-state index in [1.807, 2.05) is 66.0 Å². The maximum Gasteiger partial charge on any atom is 0.257 e. The Labute approximate surface area is 193 Å². The topological polar surface area (TPSA) is 107 Å². The van der Waals surface area contributed by atoms with Crippen LogP contribution in [0, 0.1) is 0 Å². The van der Waals surface area contributed by atoms with Gasteiger partial charge in [0.15, 0.2) is 5.65 Å². The third-order valence-corrected chi connectivity index (χ3v) is 6.03. The highest BCUT2D eigenvalue weighted by atomic mass is 32.1. The Bertz CT molecular complexity index is 1490. The Morgan fingerprint density at radius 2 is 1.88 bits per heavy atom. The first-order valence-corrected chi connectivity index (χ1v) is 11.1. The molecule has 3 heterocycles. The number of ether oxygens (including phenoxy) is 1. The minimum absolute atomic E-state index is 0.162. The summed E-state index contributed by atoms with van der Waals surface area (Å²) in [4.78, 5) is 23.6. The number of nitrogens with zero attached hydrogens (tertiary/aromatic N) is 4. The van der Waals surface area contributed by atoms with Gasteiger partial charge in [0.25, 0.3) is 5.91 Å². The fourth-order valence-electron chi connectivity index (χ4n) is 3.55. The number of rotatable bonds is 6. The van der Waals surface area contributed by atoms with E-state index in [9.17, 15) is 4.79 Å². The van der Waals surface area contributed by atoms with Crippen LogP contribution >= 0.6 is 11.3 Å². The molecule has 164 valence electrons. The summed E-state index contributed by atoms with van der Waals surface area (Å²) in [5.41, 5.74) is 9.60. The lowest BCUT2D eigenvalue weighted by Gasteiger charge is -2.05. The summed E-state index contributed by atoms with van der Waals surface area (Å²) in [6.45, 7) is 0.397. The van der Waals surface area contributed by atoms with Gasteiger partial charge in [0.05, 0.1) is 30.9 Å². The normalized spacial score (nSPS) is 11.4. The van der Waals surface area contributed by atoms with Crippen molar-refractivity contribution >= 4 is 51.5 Å². The molecule has 3 aromatic heterocycles. The number of nitrogen functional groups attached to an aromatic ring is 1. The first-order valence-electron chi connectivity index (χ1n) is 10.2. The summed E-state index contributed by atoms with van der Waals surface area (Å²) in [7, 11) is 1.60. The molecule has 0 saturated carbocycles. The zero-order valence-corrected chi connectivity index (χ0v) is 18.5. The van der Waals surface area contributed by atoms with E-state index in [0.29, 0.717) is 34.5 Å². The molecule has 8 nitrogen and oxygen atoms in total. The van der Waals surface area contributed by atoms with E-state index in [2.05, 4.69) is 10.4 Å². The highest BCUT2D eigenvalue weighted by molar-refractivity contribution is 7.09. The van der Waals surface area contributed by atoms with Crippen LogP contribution in [0.15, 0.2) is 71.1 Å². The number of hydrogen-bond acceptors (Lipinski definition) is 7. The third kappa shape index (κ3) is 3.90. The molecule has 5 aromatic rings. The molecule has 33 heavy (non-hydrogen) atoms. The average Bonchev–Trinajstić information content (AvgIpc) is 3.45. The van der Waals surface area contributed by atoms with Crippen LogP contribution < -0.4 is 15.8 Å². The van der Waals surface area contributed by atoms with Crippen molar-refractivity contribution in [3.05, 3.63) is 82.0 Å². The first-order chi connectivity index (χ1) is 16.2. The number of aromatic nitrogens is 3. The van der Waals surface area contributed by atoms with Gasteiger partial charge in [-0.25, -0.2) is 9.97 Å². The third-order valence-electron chi connectivity index (χ3n) is 5.16. The number of nitrogens with one attached hydrogen (secondary N) is 1. The monoisotopic (exact) mass is 456 g/mol. The molecular weight excluding hydrogens is 436 g/mol. The van der Waals surface area contributed by atoms with Crippen molar-refractivity contribution in [2.75, 3.05) is 12.8 Å². The Kier molecular flexibility index (Phi) is 5.45. The maximum absolute atomic E-state index is 13.2. The van der Waals surface area contributed by atoms with E-state index in [1.54, 1.807) is 24.7 Å². The van der Waals surface area contributed by atoms with Crippen LogP contribution in [-0.4, -0.2) is 33.9 Å². The zero-order chi connectivity index (χ0) is 22.8. The number of anilines is 1. The summed E-state index contributed by atoms with van der Waals surface area (Å²) in [5.74, 6) is 0.499. The van der Waals surface area contributed by atoms with Crippen LogP contribution in [0.5, 0.6) is 5.75 Å². The Balaban J connectivity index is 1.63. The fraction of sp³-hybridized carbons (Fsp3) is 0.0833. The van der Waals surface area contributed by atoms with E-state index >= 15 is 0 Å². The average molecular weight is 457 g/mol. The minimum atomic E-state index is -0.332. The van der Waals surface area contributed by atoms with Gasteiger partial charge in [0.1, 0.15) is 22.6 Å². The van der Waals surface area contributed by atoms with Crippen LogP contribution in [-0.2, 0) is 6.54 Å². The predicted octanol–water partition coefficient (Wildman–Crippen LogP) is 4.05. The van der Waals surface area contributed by atoms with Crippen LogP contribution in [0.1, 0.15) is 20.8 Å². The quantitative estimate of drug-likeness (QED) is 0.375. The molecule has 1 amide bonds. The van der Waals surface area contributed by atoms with Gasteiger partial charge >= 0.3 is 0 Å². The van der Waals surface area contributed by atoms with E-state index in [4.69, 9.17) is 20.4 Å². The Morgan fingerprint density at radius 3 is 2.64 bits per heavy atom. The number of thiophene rings is 1. The van der Waals surface area contributed by atoms with E-state index < -0.39 is 0 Å². The standard InChI is InChI=1S/C24H20N6O2S/c1-32-19-11-5-2-7-15(19)13-27-30-22(25)20(24(31)26-14-16-8-6-12-33-16)21-23(30)29-18-10-4-3-9-17(18)28-21/h2-13H,14,25H2,1H3,(H,26,31)/b27-13+. The van der Waals surface area contributed by atoms with Crippen molar-refractivity contribution in [2.24, 2.45) is 5.10 Å². The number of fused-ring (bicyclic) bond motifs is 2. The summed E-state index contributed by atoms with van der Waals surface area (Å²) < 4.78 is 6.84. The smallest absolute Gasteiger partial charge is 0.257 e. The number of nitrogens with two attached hydrogens (primary N) is 1. The molecule has 0 aliphatic carbocycles. The van der Waals surface area contributed by atoms with Gasteiger partial charge in [-0.1, -0.05) is 30.3 Å². The van der Waals surface area contributed by atoms with Gasteiger partial charge in [0.2, 0.25) is 0 Å². The molecule has 0 radical (unpaired) electrons. The van der Waals surface area contributed by atoms with Gasteiger partial charge in [-0.15, -0.1) is 11.3 Å². The SMILES string of the molecule is COc1ccccc1/C=N/n1c(N)c(C(=O)NCc2cccs2)c2nc3ccccc3nc21. The molecule has 0 unspecified atom stereocenters. The molecule has 9 heteroatoms. The van der Waals surface area contributed by atoms with Gasteiger partial charge in [-0.05, 0) is 35.7 Å². The van der Waals surface area contributed by atoms with Crippen molar-refractivity contribution in [1.29, 1.82) is 0 Å². The van der Waals surface area contributed by atoms with Gasteiger partial charge in [-0.2, -0.15) is 9.78 Å². The van der Waals surface area contributed by atoms with Crippen LogP contribution in [0.3, 0.4) is 0 Å². The summed E-state index contributed by atoms with van der Waals surface area (Å²) in [6, 6.07) is 18.8. The molecule has 2 aromatic carbocycles. The first kappa shape index (κ1) is 20.7. The zero-order valence-electron chi connectivity index (χ0n) is 17.7. The number of amides is 1. The van der Waals surface area contributed by atoms with E-state index in [1.165, 1.54) is 4.68 Å². The summed E-state index contributed by atoms with van der Waals surface area (Å²) in [5, 5.41) is 9.43. The number of carbonyl (C=O) groups excluding carboxylic acids is 1. The summed E-state index contributed by atoms with van der Waals surface area (Å²) >= 11 is 1.57. The fourth-order valence-corrected chi connectivity index (χ4v) is 4.19. The van der Waals surface area contributed by atoms with Crippen LogP contribution in [0.4, 0.5) is 5.82 Å². The Hall–Kier alpha value is -4.24. The molecule has 0 aliphatic rings.